The third kappa shape index (κ3) is 13.0. The first kappa shape index (κ1) is 16.4. The summed E-state index contributed by atoms with van der Waals surface area (Å²) in [4.78, 5) is 0. The van der Waals surface area contributed by atoms with Crippen LogP contribution in [0.2, 0.25) is 0 Å². The van der Waals surface area contributed by atoms with E-state index in [9.17, 15) is 0 Å². The van der Waals surface area contributed by atoms with Gasteiger partial charge in [-0.05, 0) is 64.2 Å². The van der Waals surface area contributed by atoms with Crippen LogP contribution in [0.1, 0.15) is 0 Å². The minimum atomic E-state index is 0. The van der Waals surface area contributed by atoms with Crippen LogP contribution in [0.3, 0.4) is 0 Å². The predicted octanol–water partition coefficient (Wildman–Crippen LogP) is 3.18. The van der Waals surface area contributed by atoms with Crippen molar-refractivity contribution < 1.29 is 19.4 Å². The first-order valence-corrected chi connectivity index (χ1v) is 5.67. The first-order valence-electron chi connectivity index (χ1n) is 3.52. The molecule has 0 spiro atoms. The molecule has 2 rings (SSSR count). The van der Waals surface area contributed by atoms with Crippen molar-refractivity contribution in [1.82, 2.24) is 0 Å². The zero-order valence-electron chi connectivity index (χ0n) is 7.65. The normalized spacial score (nSPS) is 18.8. The van der Waals surface area contributed by atoms with E-state index in [1.54, 1.807) is 0 Å². The van der Waals surface area contributed by atoms with Crippen molar-refractivity contribution in [1.29, 1.82) is 0 Å². The van der Waals surface area contributed by atoms with Crippen LogP contribution in [0.5, 0.6) is 0 Å². The summed E-state index contributed by atoms with van der Waals surface area (Å²) in [6.07, 6.45) is 20.0. The van der Waals surface area contributed by atoms with Gasteiger partial charge in [-0.25, -0.2) is 0 Å². The summed E-state index contributed by atoms with van der Waals surface area (Å²) < 4.78 is 0. The van der Waals surface area contributed by atoms with E-state index in [4.69, 9.17) is 0 Å². The Balaban J connectivity index is 0. The van der Waals surface area contributed by atoms with Crippen LogP contribution in [-0.4, -0.2) is 0 Å². The summed E-state index contributed by atoms with van der Waals surface area (Å²) in [7, 11) is 4.64. The molecule has 2 saturated carbocycles. The molecule has 2 aliphatic rings. The van der Waals surface area contributed by atoms with E-state index >= 15 is 0 Å². The minimum absolute atomic E-state index is 0. The summed E-state index contributed by atoms with van der Waals surface area (Å²) in [6, 6.07) is 0. The fourth-order valence-electron chi connectivity index (χ4n) is 0.642. The van der Waals surface area contributed by atoms with E-state index in [1.807, 2.05) is 64.2 Å². The Morgan fingerprint density at radius 3 is 0.615 bits per heavy atom. The number of hydrogen-bond acceptors (Lipinski definition) is 0. The van der Waals surface area contributed by atoms with Crippen LogP contribution in [0, 0.1) is 71.6 Å². The average Bonchev–Trinajstić information content (AvgIpc) is 2.87. The van der Waals surface area contributed by atoms with Gasteiger partial charge in [0.15, 0.2) is 0 Å². The van der Waals surface area contributed by atoms with Crippen LogP contribution < -0.4 is 0 Å². The summed E-state index contributed by atoms with van der Waals surface area (Å²) in [5.41, 5.74) is 0. The Morgan fingerprint density at radius 1 is 0.462 bits per heavy atom. The van der Waals surface area contributed by atoms with Crippen molar-refractivity contribution in [3.8, 4) is 0 Å². The van der Waals surface area contributed by atoms with Gasteiger partial charge < -0.3 is 7.43 Å². The topological polar surface area (TPSA) is 0 Å². The Bertz CT molecular complexity index is 43.3. The van der Waals surface area contributed by atoms with E-state index in [0.29, 0.717) is 0 Å². The third-order valence-corrected chi connectivity index (χ3v) is 1.11. The molecule has 0 aromatic carbocycles. The predicted molar refractivity (Wildman–Crippen MR) is 55.3 cm³/mol. The molecular formula is C11H13ClTi. The molecule has 0 saturated heterocycles. The Labute approximate surface area is 100 Å². The molecule has 0 bridgehead atoms. The summed E-state index contributed by atoms with van der Waals surface area (Å²) in [6.45, 7) is 0. The second-order valence-corrected chi connectivity index (χ2v) is 1.92. The van der Waals surface area contributed by atoms with Gasteiger partial charge in [0.05, 0.1) is 0 Å². The fourth-order valence-corrected chi connectivity index (χ4v) is 0.642. The van der Waals surface area contributed by atoms with Gasteiger partial charge in [-0.3, -0.25) is 0 Å². The van der Waals surface area contributed by atoms with Crippen molar-refractivity contribution >= 4 is 9.30 Å². The van der Waals surface area contributed by atoms with Crippen molar-refractivity contribution in [2.24, 2.45) is 0 Å². The van der Waals surface area contributed by atoms with Gasteiger partial charge in [0.25, 0.3) is 0 Å². The van der Waals surface area contributed by atoms with Crippen LogP contribution in [0.4, 0.5) is 0 Å². The monoisotopic (exact) mass is 228 g/mol. The molecular weight excluding hydrogens is 215 g/mol. The first-order chi connectivity index (χ1) is 6.00. The molecule has 2 aliphatic carbocycles. The van der Waals surface area contributed by atoms with Crippen LogP contribution in [-0.2, 0) is 19.4 Å². The molecule has 0 atom stereocenters. The molecule has 0 amide bonds. The third-order valence-electron chi connectivity index (χ3n) is 1.11. The van der Waals surface area contributed by atoms with Crippen molar-refractivity contribution in [2.75, 3.05) is 0 Å². The van der Waals surface area contributed by atoms with Crippen LogP contribution >= 0.6 is 9.30 Å². The summed E-state index contributed by atoms with van der Waals surface area (Å²) in [5.74, 6) is 0. The van der Waals surface area contributed by atoms with Gasteiger partial charge in [-0.2, -0.15) is 0 Å². The van der Waals surface area contributed by atoms with Gasteiger partial charge in [-0.1, -0.05) is 0 Å². The molecule has 0 aromatic heterocycles. The summed E-state index contributed by atoms with van der Waals surface area (Å²) in [5, 5.41) is 0. The van der Waals surface area contributed by atoms with Crippen LogP contribution in [0.15, 0.2) is 0 Å². The van der Waals surface area contributed by atoms with Crippen molar-refractivity contribution in [3.63, 3.8) is 0 Å². The number of rotatable bonds is 0. The zero-order chi connectivity index (χ0) is 9.07. The Kier molecular flexibility index (Phi) is 19.6. The standard InChI is InChI=1S/2C5H5.CH3.ClH.Ti/c2*1-2-4-5-3-1;;;/h2*1-5H;1H3;1H;/q;;-1;;+2/p-1. The Hall–Kier alpha value is 1.00. The van der Waals surface area contributed by atoms with Crippen molar-refractivity contribution in [3.05, 3.63) is 71.6 Å². The average molecular weight is 229 g/mol. The quantitative estimate of drug-likeness (QED) is 0.441. The second kappa shape index (κ2) is 15.5. The van der Waals surface area contributed by atoms with Gasteiger partial charge in [-0.15, -0.1) is 0 Å². The zero-order valence-corrected chi connectivity index (χ0v) is 9.97. The SMILES string of the molecule is [CH3-].[CH]1[CH][CH][CH][CH]1.[CH]1[CH][CH][CH][CH]1.[Cl][Ti+]. The molecule has 2 heteroatoms. The summed E-state index contributed by atoms with van der Waals surface area (Å²) >= 11 is 1.47. The molecule has 2 fully saturated rings. The van der Waals surface area contributed by atoms with E-state index in [0.717, 1.165) is 0 Å². The Morgan fingerprint density at radius 2 is 0.538 bits per heavy atom. The van der Waals surface area contributed by atoms with E-state index in [2.05, 4.69) is 9.30 Å². The molecule has 13 heavy (non-hydrogen) atoms. The molecule has 10 radical (unpaired) electrons. The molecule has 68 valence electrons. The fraction of sp³-hybridized carbons (Fsp3) is 0. The van der Waals surface area contributed by atoms with Gasteiger partial charge in [0, 0.05) is 0 Å². The van der Waals surface area contributed by atoms with E-state index in [-0.39, 0.29) is 7.43 Å². The maximum absolute atomic E-state index is 4.64. The van der Waals surface area contributed by atoms with E-state index < -0.39 is 0 Å². The molecule has 0 unspecified atom stereocenters. The molecule has 0 nitrogen and oxygen atoms in total. The van der Waals surface area contributed by atoms with Crippen molar-refractivity contribution in [2.45, 2.75) is 0 Å². The van der Waals surface area contributed by atoms with Gasteiger partial charge in [0.2, 0.25) is 0 Å². The second-order valence-electron chi connectivity index (χ2n) is 1.92. The molecule has 0 aromatic rings. The number of hydrogen-bond donors (Lipinski definition) is 0. The molecule has 0 aliphatic heterocycles. The van der Waals surface area contributed by atoms with E-state index in [1.165, 1.54) is 19.4 Å². The molecule has 0 heterocycles. The van der Waals surface area contributed by atoms with Gasteiger partial charge in [0.1, 0.15) is 0 Å². The number of halogens is 1. The maximum atomic E-state index is 4.64. The molecule has 0 N–H and O–H groups in total. The van der Waals surface area contributed by atoms with Crippen LogP contribution in [0.25, 0.3) is 0 Å². The van der Waals surface area contributed by atoms with Gasteiger partial charge >= 0.3 is 28.7 Å².